The second-order valence-electron chi connectivity index (χ2n) is 9.13. The molecule has 1 aliphatic carbocycles. The van der Waals surface area contributed by atoms with Crippen LogP contribution in [0.2, 0.25) is 0 Å². The lowest BCUT2D eigenvalue weighted by atomic mass is 9.98. The Balaban J connectivity index is 1.40. The molecule has 8 heteroatoms. The van der Waals surface area contributed by atoms with Crippen LogP contribution in [0.3, 0.4) is 0 Å². The molecule has 0 aliphatic heterocycles. The number of carboxylic acids is 1. The fourth-order valence-electron chi connectivity index (χ4n) is 3.83. The van der Waals surface area contributed by atoms with Gasteiger partial charge in [0.15, 0.2) is 0 Å². The number of hydrogen-bond donors (Lipinski definition) is 2. The van der Waals surface area contributed by atoms with Crippen LogP contribution < -0.4 is 5.32 Å². The van der Waals surface area contributed by atoms with Gasteiger partial charge in [-0.2, -0.15) is 11.8 Å². The Morgan fingerprint density at radius 3 is 2.18 bits per heavy atom. The molecule has 0 fully saturated rings. The number of carbonyl (C=O) groups is 3. The molecule has 2 aromatic carbocycles. The predicted octanol–water partition coefficient (Wildman–Crippen LogP) is 4.83. The number of aliphatic carboxylic acids is 1. The van der Waals surface area contributed by atoms with Crippen LogP contribution in [0.15, 0.2) is 48.5 Å². The van der Waals surface area contributed by atoms with Crippen molar-refractivity contribution in [2.45, 2.75) is 51.2 Å². The van der Waals surface area contributed by atoms with Crippen molar-refractivity contribution in [1.29, 1.82) is 0 Å². The molecule has 34 heavy (non-hydrogen) atoms. The maximum absolute atomic E-state index is 12.3. The molecule has 7 nitrogen and oxygen atoms in total. The zero-order chi connectivity index (χ0) is 24.7. The molecule has 3 rings (SSSR count). The third-order valence-electron chi connectivity index (χ3n) is 5.32. The predicted molar refractivity (Wildman–Crippen MR) is 132 cm³/mol. The zero-order valence-electron chi connectivity index (χ0n) is 19.7. The molecule has 2 N–H and O–H groups in total. The number of nitrogens with one attached hydrogen (secondary N) is 1. The number of carboxylic acid groups (broad SMARTS) is 1. The summed E-state index contributed by atoms with van der Waals surface area (Å²) in [5.74, 6) is -0.622. The largest absolute Gasteiger partial charge is 0.480 e. The standard InChI is InChI=1S/C26H31NO6S/c1-26(2,3)33-25(31)27-22(24(29)30)16-34-14-8-13-23(28)32-15-21-19-11-6-4-9-17(19)18-10-5-7-12-20(18)21/h4-7,9-12,21-22H,8,13-16H2,1-3H3,(H,27,31)(H,29,30)/t22-/m0/s1. The Kier molecular flexibility index (Phi) is 8.61. The molecule has 0 heterocycles. The van der Waals surface area contributed by atoms with E-state index in [0.29, 0.717) is 18.8 Å². The van der Waals surface area contributed by atoms with Crippen LogP contribution >= 0.6 is 11.8 Å². The number of carbonyl (C=O) groups excluding carboxylic acids is 2. The molecule has 0 bridgehead atoms. The molecule has 0 saturated carbocycles. The van der Waals surface area contributed by atoms with Crippen molar-refractivity contribution in [3.05, 3.63) is 59.7 Å². The number of fused-ring (bicyclic) bond motifs is 3. The third-order valence-corrected chi connectivity index (χ3v) is 6.46. The summed E-state index contributed by atoms with van der Waals surface area (Å²) in [6.45, 7) is 5.42. The molecular weight excluding hydrogens is 454 g/mol. The van der Waals surface area contributed by atoms with E-state index in [1.807, 2.05) is 24.3 Å². The SMILES string of the molecule is CC(C)(C)OC(=O)N[C@@H](CSCCCC(=O)OCC1c2ccccc2-c2ccccc21)C(=O)O. The normalized spacial score (nSPS) is 13.5. The minimum absolute atomic E-state index is 0.0287. The molecule has 1 amide bonds. The van der Waals surface area contributed by atoms with Gasteiger partial charge in [-0.3, -0.25) is 4.79 Å². The molecule has 0 spiro atoms. The van der Waals surface area contributed by atoms with Gasteiger partial charge in [0.05, 0.1) is 0 Å². The Hall–Kier alpha value is -3.00. The summed E-state index contributed by atoms with van der Waals surface area (Å²) < 4.78 is 10.7. The van der Waals surface area contributed by atoms with Crippen LogP contribution in [0, 0.1) is 0 Å². The second kappa shape index (κ2) is 11.4. The van der Waals surface area contributed by atoms with Crippen LogP contribution in [0.5, 0.6) is 0 Å². The van der Waals surface area contributed by atoms with Gasteiger partial charge < -0.3 is 19.9 Å². The van der Waals surface area contributed by atoms with Crippen molar-refractivity contribution in [2.75, 3.05) is 18.1 Å². The number of esters is 1. The maximum atomic E-state index is 12.3. The van der Waals surface area contributed by atoms with Crippen LogP contribution in [0.4, 0.5) is 4.79 Å². The highest BCUT2D eigenvalue weighted by molar-refractivity contribution is 7.99. The summed E-state index contributed by atoms with van der Waals surface area (Å²) in [4.78, 5) is 35.5. The number of alkyl carbamates (subject to hydrolysis) is 1. The van der Waals surface area contributed by atoms with Gasteiger partial charge >= 0.3 is 18.0 Å². The molecule has 0 aromatic heterocycles. The smallest absolute Gasteiger partial charge is 0.408 e. The first kappa shape index (κ1) is 25.6. The van der Waals surface area contributed by atoms with E-state index in [4.69, 9.17) is 9.47 Å². The van der Waals surface area contributed by atoms with E-state index < -0.39 is 23.7 Å². The van der Waals surface area contributed by atoms with Crippen LogP contribution in [0.25, 0.3) is 11.1 Å². The number of benzene rings is 2. The molecule has 1 atom stereocenters. The van der Waals surface area contributed by atoms with E-state index in [2.05, 4.69) is 29.6 Å². The summed E-state index contributed by atoms with van der Waals surface area (Å²) in [6.07, 6.45) is 0.0412. The Morgan fingerprint density at radius 2 is 1.62 bits per heavy atom. The van der Waals surface area contributed by atoms with Crippen LogP contribution in [0.1, 0.15) is 50.7 Å². The summed E-state index contributed by atoms with van der Waals surface area (Å²) in [5.41, 5.74) is 4.00. The van der Waals surface area contributed by atoms with Crippen LogP contribution in [-0.4, -0.2) is 52.9 Å². The highest BCUT2D eigenvalue weighted by atomic mass is 32.2. The van der Waals surface area contributed by atoms with Gasteiger partial charge in [0.1, 0.15) is 18.2 Å². The zero-order valence-corrected chi connectivity index (χ0v) is 20.5. The summed E-state index contributed by atoms with van der Waals surface area (Å²) >= 11 is 1.36. The maximum Gasteiger partial charge on any atom is 0.408 e. The first-order valence-corrected chi connectivity index (χ1v) is 12.4. The summed E-state index contributed by atoms with van der Waals surface area (Å²) in [6, 6.07) is 15.3. The van der Waals surface area contributed by atoms with Crippen molar-refractivity contribution < 1.29 is 29.0 Å². The van der Waals surface area contributed by atoms with E-state index in [0.717, 1.165) is 0 Å². The Bertz CT molecular complexity index is 986. The molecule has 0 saturated heterocycles. The first-order valence-electron chi connectivity index (χ1n) is 11.3. The van der Waals surface area contributed by atoms with Gasteiger partial charge in [0.2, 0.25) is 0 Å². The fourth-order valence-corrected chi connectivity index (χ4v) is 4.81. The third kappa shape index (κ3) is 7.00. The van der Waals surface area contributed by atoms with E-state index in [1.54, 1.807) is 20.8 Å². The molecule has 0 radical (unpaired) electrons. The molecule has 2 aromatic rings. The lowest BCUT2D eigenvalue weighted by Crippen LogP contribution is -2.45. The average molecular weight is 486 g/mol. The number of amides is 1. The minimum Gasteiger partial charge on any atom is -0.480 e. The minimum atomic E-state index is -1.13. The second-order valence-corrected chi connectivity index (χ2v) is 10.3. The lowest BCUT2D eigenvalue weighted by molar-refractivity contribution is -0.144. The molecule has 182 valence electrons. The highest BCUT2D eigenvalue weighted by Crippen LogP contribution is 2.44. The van der Waals surface area contributed by atoms with Gasteiger partial charge in [0.25, 0.3) is 0 Å². The summed E-state index contributed by atoms with van der Waals surface area (Å²) in [7, 11) is 0. The monoisotopic (exact) mass is 485 g/mol. The first-order chi connectivity index (χ1) is 16.2. The van der Waals surface area contributed by atoms with Crippen molar-refractivity contribution in [3.8, 4) is 11.1 Å². The molecule has 1 aliphatic rings. The lowest BCUT2D eigenvalue weighted by Gasteiger charge is -2.21. The van der Waals surface area contributed by atoms with Gasteiger partial charge in [0, 0.05) is 18.1 Å². The van der Waals surface area contributed by atoms with Crippen molar-refractivity contribution in [3.63, 3.8) is 0 Å². The topological polar surface area (TPSA) is 102 Å². The van der Waals surface area contributed by atoms with E-state index in [9.17, 15) is 19.5 Å². The fraction of sp³-hybridized carbons (Fsp3) is 0.423. The van der Waals surface area contributed by atoms with Crippen molar-refractivity contribution >= 4 is 29.8 Å². The Labute approximate surface area is 204 Å². The van der Waals surface area contributed by atoms with Crippen molar-refractivity contribution in [2.24, 2.45) is 0 Å². The van der Waals surface area contributed by atoms with E-state index in [1.165, 1.54) is 34.0 Å². The average Bonchev–Trinajstić information content (AvgIpc) is 3.09. The van der Waals surface area contributed by atoms with Crippen molar-refractivity contribution in [1.82, 2.24) is 5.32 Å². The van der Waals surface area contributed by atoms with Gasteiger partial charge in [-0.1, -0.05) is 48.5 Å². The number of ether oxygens (including phenoxy) is 2. The van der Waals surface area contributed by atoms with E-state index >= 15 is 0 Å². The van der Waals surface area contributed by atoms with Gasteiger partial charge in [-0.15, -0.1) is 0 Å². The quantitative estimate of drug-likeness (QED) is 0.367. The van der Waals surface area contributed by atoms with E-state index in [-0.39, 0.29) is 24.1 Å². The van der Waals surface area contributed by atoms with Gasteiger partial charge in [-0.05, 0) is 55.2 Å². The number of hydrogen-bond acceptors (Lipinski definition) is 6. The number of rotatable bonds is 10. The Morgan fingerprint density at radius 1 is 1.03 bits per heavy atom. The summed E-state index contributed by atoms with van der Waals surface area (Å²) in [5, 5.41) is 11.7. The highest BCUT2D eigenvalue weighted by Gasteiger charge is 2.29. The van der Waals surface area contributed by atoms with Crippen LogP contribution in [-0.2, 0) is 19.1 Å². The van der Waals surface area contributed by atoms with Gasteiger partial charge in [-0.25, -0.2) is 9.59 Å². The number of thioether (sulfide) groups is 1. The molecule has 0 unspecified atom stereocenters. The molecular formula is C26H31NO6S.